The molecule has 0 amide bonds. The number of ether oxygens (including phenoxy) is 1. The van der Waals surface area contributed by atoms with Crippen molar-refractivity contribution in [3.63, 3.8) is 0 Å². The van der Waals surface area contributed by atoms with Crippen molar-refractivity contribution in [1.82, 2.24) is 9.55 Å². The van der Waals surface area contributed by atoms with Crippen LogP contribution in [-0.2, 0) is 15.9 Å². The highest BCUT2D eigenvalue weighted by molar-refractivity contribution is 7.98. The van der Waals surface area contributed by atoms with Gasteiger partial charge in [0.25, 0.3) is 0 Å². The van der Waals surface area contributed by atoms with Crippen LogP contribution in [0.3, 0.4) is 0 Å². The number of anilines is 1. The number of morpholine rings is 1. The molecule has 0 bridgehead atoms. The molecule has 0 spiro atoms. The molecule has 3 aromatic carbocycles. The second-order valence-electron chi connectivity index (χ2n) is 9.66. The van der Waals surface area contributed by atoms with E-state index in [0.717, 1.165) is 59.7 Å². The van der Waals surface area contributed by atoms with Gasteiger partial charge in [-0.2, -0.15) is 0 Å². The van der Waals surface area contributed by atoms with Gasteiger partial charge < -0.3 is 9.64 Å². The van der Waals surface area contributed by atoms with Crippen LogP contribution in [-0.4, -0.2) is 35.9 Å². The fraction of sp³-hybridized carbons (Fsp3) is 0.276. The van der Waals surface area contributed by atoms with Gasteiger partial charge in [0.2, 0.25) is 0 Å². The molecule has 0 radical (unpaired) electrons. The summed E-state index contributed by atoms with van der Waals surface area (Å²) in [4.78, 5) is 7.15. The maximum absolute atomic E-state index is 13.6. The fourth-order valence-corrected chi connectivity index (χ4v) is 6.18. The molecular weight excluding hydrogens is 564 g/mol. The Hall–Kier alpha value is -2.22. The molecule has 0 unspecified atom stereocenters. The number of thioether (sulfide) groups is 1. The Bertz CT molecular complexity index is 1440. The van der Waals surface area contributed by atoms with Crippen molar-refractivity contribution in [1.29, 1.82) is 0 Å². The van der Waals surface area contributed by atoms with Gasteiger partial charge in [0.1, 0.15) is 5.82 Å². The quantitative estimate of drug-likeness (QED) is 0.202. The minimum atomic E-state index is -0.434. The number of imidazole rings is 1. The standard InChI is InChI=1S/C29H27Cl3FN3OS/c1-29(2,20-4-10-24(30)26(32)15-20)27-17-34-28(38-18-19-3-5-21(33)16-25(19)31)36(27)23-8-6-22(7-9-23)35-11-13-37-14-12-35/h3-10,15-17H,11-14,18H2,1-2H3. The minimum Gasteiger partial charge on any atom is -0.378 e. The van der Waals surface area contributed by atoms with Crippen LogP contribution in [0.15, 0.2) is 72.0 Å². The SMILES string of the molecule is CC(C)(c1ccc(Cl)c(Cl)c1)c1cnc(SCc2ccc(F)cc2Cl)n1-c1ccc(N2CCOCC2)cc1. The van der Waals surface area contributed by atoms with Gasteiger partial charge in [-0.3, -0.25) is 4.57 Å². The summed E-state index contributed by atoms with van der Waals surface area (Å²) in [7, 11) is 0. The lowest BCUT2D eigenvalue weighted by molar-refractivity contribution is 0.122. The molecule has 0 aliphatic carbocycles. The zero-order chi connectivity index (χ0) is 26.9. The molecule has 1 aliphatic rings. The summed E-state index contributed by atoms with van der Waals surface area (Å²) in [5, 5.41) is 2.25. The molecule has 9 heteroatoms. The number of hydrogen-bond donors (Lipinski definition) is 0. The number of benzene rings is 3. The molecule has 198 valence electrons. The molecule has 1 aliphatic heterocycles. The average molecular weight is 591 g/mol. The summed E-state index contributed by atoms with van der Waals surface area (Å²) >= 11 is 20.5. The van der Waals surface area contributed by atoms with E-state index in [1.165, 1.54) is 12.1 Å². The molecule has 0 atom stereocenters. The first-order valence-electron chi connectivity index (χ1n) is 12.3. The smallest absolute Gasteiger partial charge is 0.173 e. The zero-order valence-corrected chi connectivity index (χ0v) is 24.1. The molecule has 4 nitrogen and oxygen atoms in total. The van der Waals surface area contributed by atoms with E-state index in [1.807, 2.05) is 24.4 Å². The third-order valence-electron chi connectivity index (χ3n) is 6.87. The van der Waals surface area contributed by atoms with E-state index in [2.05, 4.69) is 47.6 Å². The number of nitrogens with zero attached hydrogens (tertiary/aromatic N) is 3. The van der Waals surface area contributed by atoms with Gasteiger partial charge in [-0.15, -0.1) is 0 Å². The summed E-state index contributed by atoms with van der Waals surface area (Å²) in [5.74, 6) is 0.200. The van der Waals surface area contributed by atoms with Crippen LogP contribution < -0.4 is 4.90 Å². The van der Waals surface area contributed by atoms with Crippen LogP contribution in [0.1, 0.15) is 30.7 Å². The Morgan fingerprint density at radius 1 is 0.895 bits per heavy atom. The maximum Gasteiger partial charge on any atom is 0.173 e. The molecule has 0 saturated carbocycles. The first kappa shape index (κ1) is 27.4. The summed E-state index contributed by atoms with van der Waals surface area (Å²) in [5.41, 5.74) is 4.60. The Morgan fingerprint density at radius 2 is 1.61 bits per heavy atom. The predicted octanol–water partition coefficient (Wildman–Crippen LogP) is 8.43. The van der Waals surface area contributed by atoms with Crippen molar-refractivity contribution >= 4 is 52.3 Å². The number of aromatic nitrogens is 2. The summed E-state index contributed by atoms with van der Waals surface area (Å²) in [6.45, 7) is 7.51. The van der Waals surface area contributed by atoms with Crippen LogP contribution in [0, 0.1) is 5.82 Å². The second kappa shape index (κ2) is 11.5. The highest BCUT2D eigenvalue weighted by atomic mass is 35.5. The van der Waals surface area contributed by atoms with Gasteiger partial charge >= 0.3 is 0 Å². The third-order valence-corrected chi connectivity index (χ3v) is 8.96. The Morgan fingerprint density at radius 3 is 2.29 bits per heavy atom. The summed E-state index contributed by atoms with van der Waals surface area (Å²) < 4.78 is 21.3. The lowest BCUT2D eigenvalue weighted by Gasteiger charge is -2.30. The Kier molecular flexibility index (Phi) is 8.27. The van der Waals surface area contributed by atoms with Gasteiger partial charge in [0.05, 0.1) is 35.1 Å². The molecule has 38 heavy (non-hydrogen) atoms. The van der Waals surface area contributed by atoms with Crippen molar-refractivity contribution in [3.05, 3.63) is 105 Å². The predicted molar refractivity (Wildman–Crippen MR) is 156 cm³/mol. The first-order valence-corrected chi connectivity index (χ1v) is 14.4. The van der Waals surface area contributed by atoms with Crippen molar-refractivity contribution < 1.29 is 9.13 Å². The van der Waals surface area contributed by atoms with Gasteiger partial charge in [-0.05, 0) is 59.7 Å². The number of halogens is 4. The normalized spacial score (nSPS) is 14.2. The largest absolute Gasteiger partial charge is 0.378 e. The van der Waals surface area contributed by atoms with Gasteiger partial charge in [-0.25, -0.2) is 9.37 Å². The molecule has 5 rings (SSSR count). The highest BCUT2D eigenvalue weighted by Crippen LogP contribution is 2.39. The molecule has 2 heterocycles. The zero-order valence-electron chi connectivity index (χ0n) is 21.1. The van der Waals surface area contributed by atoms with Crippen molar-refractivity contribution in [2.24, 2.45) is 0 Å². The van der Waals surface area contributed by atoms with E-state index in [1.54, 1.807) is 17.8 Å². The lowest BCUT2D eigenvalue weighted by Crippen LogP contribution is -2.36. The average Bonchev–Trinajstić information content (AvgIpc) is 3.35. The van der Waals surface area contributed by atoms with Crippen LogP contribution in [0.25, 0.3) is 5.69 Å². The Balaban J connectivity index is 1.54. The molecule has 4 aromatic rings. The summed E-state index contributed by atoms with van der Waals surface area (Å²) in [6, 6.07) is 18.7. The fourth-order valence-electron chi connectivity index (χ4n) is 4.57. The van der Waals surface area contributed by atoms with Crippen LogP contribution >= 0.6 is 46.6 Å². The van der Waals surface area contributed by atoms with Crippen molar-refractivity contribution in [2.75, 3.05) is 31.2 Å². The summed E-state index contributed by atoms with van der Waals surface area (Å²) in [6.07, 6.45) is 1.91. The highest BCUT2D eigenvalue weighted by Gasteiger charge is 2.30. The van der Waals surface area contributed by atoms with Crippen molar-refractivity contribution in [3.8, 4) is 5.69 Å². The molecule has 1 aromatic heterocycles. The van der Waals surface area contributed by atoms with Crippen molar-refractivity contribution in [2.45, 2.75) is 30.2 Å². The first-order chi connectivity index (χ1) is 18.2. The van der Waals surface area contributed by atoms with E-state index in [4.69, 9.17) is 44.5 Å². The van der Waals surface area contributed by atoms with Gasteiger partial charge in [-0.1, -0.05) is 72.5 Å². The number of hydrogen-bond acceptors (Lipinski definition) is 4. The van der Waals surface area contributed by atoms with E-state index >= 15 is 0 Å². The van der Waals surface area contributed by atoms with Gasteiger partial charge in [0.15, 0.2) is 5.16 Å². The van der Waals surface area contributed by atoms with Crippen LogP contribution in [0.4, 0.5) is 10.1 Å². The third kappa shape index (κ3) is 5.70. The monoisotopic (exact) mass is 589 g/mol. The van der Waals surface area contributed by atoms with E-state index in [-0.39, 0.29) is 5.82 Å². The number of rotatable bonds is 7. The Labute approximate surface area is 241 Å². The second-order valence-corrected chi connectivity index (χ2v) is 11.8. The van der Waals surface area contributed by atoms with E-state index < -0.39 is 5.41 Å². The molecule has 1 fully saturated rings. The maximum atomic E-state index is 13.6. The van der Waals surface area contributed by atoms with E-state index in [9.17, 15) is 4.39 Å². The van der Waals surface area contributed by atoms with Crippen LogP contribution in [0.2, 0.25) is 15.1 Å². The topological polar surface area (TPSA) is 30.3 Å². The van der Waals surface area contributed by atoms with Crippen LogP contribution in [0.5, 0.6) is 0 Å². The molecule has 1 saturated heterocycles. The minimum absolute atomic E-state index is 0.351. The molecule has 0 N–H and O–H groups in total. The van der Waals surface area contributed by atoms with E-state index in [0.29, 0.717) is 20.8 Å². The molecular formula is C29H27Cl3FN3OS. The lowest BCUT2D eigenvalue weighted by atomic mass is 9.81. The van der Waals surface area contributed by atoms with Gasteiger partial charge in [0, 0.05) is 40.7 Å².